The van der Waals surface area contributed by atoms with Crippen molar-refractivity contribution in [1.82, 2.24) is 5.43 Å². The summed E-state index contributed by atoms with van der Waals surface area (Å²) in [6, 6.07) is 6.31. The fraction of sp³-hybridized carbons (Fsp3) is 0.500. The van der Waals surface area contributed by atoms with Crippen LogP contribution in [0.3, 0.4) is 0 Å². The van der Waals surface area contributed by atoms with Gasteiger partial charge in [-0.2, -0.15) is 0 Å². The second-order valence-corrected chi connectivity index (χ2v) is 6.55. The van der Waals surface area contributed by atoms with E-state index in [-0.39, 0.29) is 17.3 Å². The van der Waals surface area contributed by atoms with Crippen molar-refractivity contribution in [1.29, 1.82) is 0 Å². The molecule has 0 amide bonds. The quantitative estimate of drug-likeness (QED) is 0.652. The molecule has 0 spiro atoms. The molecule has 1 aromatic heterocycles. The van der Waals surface area contributed by atoms with Gasteiger partial charge < -0.3 is 4.42 Å². The standard InChI is InChI=1S/C16H23FN2O/c1-10(16(2,3)4)7-13(19-18)15-9-11-8-12(17)5-6-14(11)20-15/h5-6,8-10,13,19H,7,18H2,1-4H3. The van der Waals surface area contributed by atoms with Crippen LogP contribution < -0.4 is 11.3 Å². The van der Waals surface area contributed by atoms with Crippen LogP contribution in [0, 0.1) is 17.2 Å². The monoisotopic (exact) mass is 278 g/mol. The molecule has 0 saturated carbocycles. The number of fused-ring (bicyclic) bond motifs is 1. The van der Waals surface area contributed by atoms with E-state index in [0.717, 1.165) is 17.6 Å². The summed E-state index contributed by atoms with van der Waals surface area (Å²) in [4.78, 5) is 0. The van der Waals surface area contributed by atoms with Crippen LogP contribution in [0.2, 0.25) is 0 Å². The van der Waals surface area contributed by atoms with Crippen LogP contribution in [0.15, 0.2) is 28.7 Å². The third kappa shape index (κ3) is 3.19. The fourth-order valence-electron chi connectivity index (χ4n) is 2.18. The molecule has 2 atom stereocenters. The lowest BCUT2D eigenvalue weighted by molar-refractivity contribution is 0.215. The molecule has 4 heteroatoms. The summed E-state index contributed by atoms with van der Waals surface area (Å²) >= 11 is 0. The van der Waals surface area contributed by atoms with E-state index in [1.165, 1.54) is 12.1 Å². The lowest BCUT2D eigenvalue weighted by atomic mass is 9.78. The molecule has 0 aliphatic rings. The van der Waals surface area contributed by atoms with Gasteiger partial charge in [0.15, 0.2) is 0 Å². The van der Waals surface area contributed by atoms with Crippen LogP contribution in [0.4, 0.5) is 4.39 Å². The maximum Gasteiger partial charge on any atom is 0.134 e. The number of hydrazine groups is 1. The number of nitrogens with two attached hydrogens (primary N) is 1. The highest BCUT2D eigenvalue weighted by molar-refractivity contribution is 5.78. The molecule has 0 bridgehead atoms. The van der Waals surface area contributed by atoms with Gasteiger partial charge in [-0.15, -0.1) is 0 Å². The predicted molar refractivity (Wildman–Crippen MR) is 79.5 cm³/mol. The zero-order valence-electron chi connectivity index (χ0n) is 12.5. The molecule has 110 valence electrons. The van der Waals surface area contributed by atoms with Crippen LogP contribution in [-0.2, 0) is 0 Å². The van der Waals surface area contributed by atoms with Gasteiger partial charge >= 0.3 is 0 Å². The van der Waals surface area contributed by atoms with E-state index < -0.39 is 0 Å². The van der Waals surface area contributed by atoms with E-state index >= 15 is 0 Å². The Bertz CT molecular complexity index is 586. The average molecular weight is 278 g/mol. The molecule has 0 fully saturated rings. The lowest BCUT2D eigenvalue weighted by Gasteiger charge is -2.29. The first-order valence-corrected chi connectivity index (χ1v) is 6.96. The van der Waals surface area contributed by atoms with Gasteiger partial charge in [-0.05, 0) is 42.0 Å². The van der Waals surface area contributed by atoms with Gasteiger partial charge in [0.25, 0.3) is 0 Å². The highest BCUT2D eigenvalue weighted by Crippen LogP contribution is 2.34. The number of nitrogens with one attached hydrogen (secondary N) is 1. The van der Waals surface area contributed by atoms with Gasteiger partial charge in [0, 0.05) is 5.39 Å². The largest absolute Gasteiger partial charge is 0.459 e. The topological polar surface area (TPSA) is 51.2 Å². The van der Waals surface area contributed by atoms with Gasteiger partial charge in [-0.25, -0.2) is 9.82 Å². The Labute approximate surface area is 119 Å². The summed E-state index contributed by atoms with van der Waals surface area (Å²) < 4.78 is 19.0. The third-order valence-corrected chi connectivity index (χ3v) is 4.11. The smallest absolute Gasteiger partial charge is 0.134 e. The second-order valence-electron chi connectivity index (χ2n) is 6.55. The zero-order valence-corrected chi connectivity index (χ0v) is 12.5. The number of hydrogen-bond donors (Lipinski definition) is 2. The number of hydrogen-bond acceptors (Lipinski definition) is 3. The summed E-state index contributed by atoms with van der Waals surface area (Å²) in [5, 5.41) is 0.767. The summed E-state index contributed by atoms with van der Waals surface area (Å²) in [6.07, 6.45) is 0.863. The predicted octanol–water partition coefficient (Wildman–Crippen LogP) is 4.15. The highest BCUT2D eigenvalue weighted by Gasteiger charge is 2.25. The molecule has 0 radical (unpaired) electrons. The maximum absolute atomic E-state index is 13.2. The first-order valence-electron chi connectivity index (χ1n) is 6.96. The van der Waals surface area contributed by atoms with Gasteiger partial charge in [0.1, 0.15) is 17.2 Å². The third-order valence-electron chi connectivity index (χ3n) is 4.11. The minimum atomic E-state index is -0.259. The van der Waals surface area contributed by atoms with Gasteiger partial charge in [0.2, 0.25) is 0 Å². The van der Waals surface area contributed by atoms with Crippen LogP contribution in [0.5, 0.6) is 0 Å². The number of rotatable bonds is 4. The Morgan fingerprint density at radius 3 is 2.60 bits per heavy atom. The van der Waals surface area contributed by atoms with Crippen molar-refractivity contribution in [3.05, 3.63) is 35.8 Å². The molecule has 3 nitrogen and oxygen atoms in total. The molecule has 1 heterocycles. The van der Waals surface area contributed by atoms with Crippen molar-refractivity contribution in [3.8, 4) is 0 Å². The molecule has 2 rings (SSSR count). The van der Waals surface area contributed by atoms with E-state index in [1.54, 1.807) is 6.07 Å². The zero-order chi connectivity index (χ0) is 14.9. The Kier molecular flexibility index (Phi) is 4.16. The first kappa shape index (κ1) is 15.0. The van der Waals surface area contributed by atoms with Gasteiger partial charge in [-0.1, -0.05) is 27.7 Å². The molecule has 20 heavy (non-hydrogen) atoms. The normalized spacial score (nSPS) is 15.5. The van der Waals surface area contributed by atoms with Crippen LogP contribution in [-0.4, -0.2) is 0 Å². The van der Waals surface area contributed by atoms with E-state index in [9.17, 15) is 4.39 Å². The fourth-order valence-corrected chi connectivity index (χ4v) is 2.18. The lowest BCUT2D eigenvalue weighted by Crippen LogP contribution is -2.31. The summed E-state index contributed by atoms with van der Waals surface area (Å²) in [5.41, 5.74) is 3.70. The highest BCUT2D eigenvalue weighted by atomic mass is 19.1. The molecular formula is C16H23FN2O. The van der Waals surface area contributed by atoms with E-state index in [0.29, 0.717) is 11.5 Å². The molecule has 0 saturated heterocycles. The molecule has 2 aromatic rings. The molecular weight excluding hydrogens is 255 g/mol. The molecule has 0 aliphatic heterocycles. The summed E-state index contributed by atoms with van der Waals surface area (Å²) in [7, 11) is 0. The molecule has 1 aromatic carbocycles. The molecule has 3 N–H and O–H groups in total. The summed E-state index contributed by atoms with van der Waals surface area (Å²) in [6.45, 7) is 8.82. The minimum Gasteiger partial charge on any atom is -0.459 e. The average Bonchev–Trinajstić information content (AvgIpc) is 2.76. The Morgan fingerprint density at radius 2 is 2.00 bits per heavy atom. The van der Waals surface area contributed by atoms with Crippen LogP contribution in [0.1, 0.15) is 45.9 Å². The van der Waals surface area contributed by atoms with Crippen molar-refractivity contribution in [2.24, 2.45) is 17.2 Å². The van der Waals surface area contributed by atoms with Crippen molar-refractivity contribution in [3.63, 3.8) is 0 Å². The first-order chi connectivity index (χ1) is 9.31. The minimum absolute atomic E-state index is 0.0697. The molecule has 2 unspecified atom stereocenters. The van der Waals surface area contributed by atoms with Gasteiger partial charge in [0.05, 0.1) is 6.04 Å². The number of benzene rings is 1. The Hall–Kier alpha value is -1.39. The maximum atomic E-state index is 13.2. The Balaban J connectivity index is 2.25. The van der Waals surface area contributed by atoms with Crippen molar-refractivity contribution < 1.29 is 8.81 Å². The molecule has 0 aliphatic carbocycles. The van der Waals surface area contributed by atoms with Crippen LogP contribution in [0.25, 0.3) is 11.0 Å². The number of furan rings is 1. The second kappa shape index (κ2) is 5.54. The SMILES string of the molecule is CC(CC(NN)c1cc2cc(F)ccc2o1)C(C)(C)C. The van der Waals surface area contributed by atoms with Crippen LogP contribution >= 0.6 is 0 Å². The van der Waals surface area contributed by atoms with Crippen molar-refractivity contribution in [2.45, 2.75) is 40.2 Å². The summed E-state index contributed by atoms with van der Waals surface area (Å²) in [5.74, 6) is 6.63. The van der Waals surface area contributed by atoms with E-state index in [4.69, 9.17) is 10.3 Å². The Morgan fingerprint density at radius 1 is 1.30 bits per heavy atom. The van der Waals surface area contributed by atoms with Gasteiger partial charge in [-0.3, -0.25) is 5.84 Å². The number of halogens is 1. The van der Waals surface area contributed by atoms with Crippen molar-refractivity contribution in [2.75, 3.05) is 0 Å². The van der Waals surface area contributed by atoms with E-state index in [2.05, 4.69) is 33.1 Å². The van der Waals surface area contributed by atoms with Crippen molar-refractivity contribution >= 4 is 11.0 Å². The van der Waals surface area contributed by atoms with E-state index in [1.807, 2.05) is 6.07 Å².